The molecule has 0 aliphatic carbocycles. The van der Waals surface area contributed by atoms with Gasteiger partial charge in [0.2, 0.25) is 0 Å². The second-order valence-corrected chi connectivity index (χ2v) is 13.4. The van der Waals surface area contributed by atoms with E-state index in [4.69, 9.17) is 9.47 Å². The van der Waals surface area contributed by atoms with Crippen LogP contribution in [-0.2, 0) is 19.1 Å². The van der Waals surface area contributed by atoms with E-state index in [0.717, 1.165) is 77.0 Å². The summed E-state index contributed by atoms with van der Waals surface area (Å²) in [5, 5.41) is 10.0. The van der Waals surface area contributed by atoms with E-state index in [9.17, 15) is 14.7 Å². The van der Waals surface area contributed by atoms with Crippen LogP contribution in [0, 0.1) is 0 Å². The number of carbonyl (C=O) groups is 2. The van der Waals surface area contributed by atoms with Crippen molar-refractivity contribution in [1.82, 2.24) is 0 Å². The highest BCUT2D eigenvalue weighted by Crippen LogP contribution is 2.12. The van der Waals surface area contributed by atoms with Gasteiger partial charge in [0.25, 0.3) is 0 Å². The maximum Gasteiger partial charge on any atom is 0.305 e. The molecule has 0 aromatic heterocycles. The Morgan fingerprint density at radius 2 is 0.760 bits per heavy atom. The Hall–Kier alpha value is -2.66. The van der Waals surface area contributed by atoms with E-state index < -0.39 is 6.10 Å². The summed E-state index contributed by atoms with van der Waals surface area (Å²) in [6, 6.07) is 0. The Kier molecular flexibility index (Phi) is 38.6. The molecule has 1 N–H and O–H groups in total. The van der Waals surface area contributed by atoms with E-state index in [1.807, 2.05) is 0 Å². The van der Waals surface area contributed by atoms with Crippen molar-refractivity contribution < 1.29 is 24.2 Å². The quantitative estimate of drug-likeness (QED) is 0.0401. The third kappa shape index (κ3) is 39.8. The summed E-state index contributed by atoms with van der Waals surface area (Å²) in [6.45, 7) is 4.14. The number of ether oxygens (including phenoxy) is 2. The van der Waals surface area contributed by atoms with Crippen molar-refractivity contribution in [3.8, 4) is 0 Å². The molecule has 286 valence electrons. The van der Waals surface area contributed by atoms with Gasteiger partial charge in [0, 0.05) is 12.8 Å². The Bertz CT molecular complexity index is 926. The minimum Gasteiger partial charge on any atom is -0.463 e. The molecule has 0 saturated heterocycles. The van der Waals surface area contributed by atoms with Gasteiger partial charge in [-0.15, -0.1) is 0 Å². The van der Waals surface area contributed by atoms with Crippen LogP contribution in [0.4, 0.5) is 0 Å². The lowest BCUT2D eigenvalue weighted by atomic mass is 10.1. The molecule has 0 amide bonds. The number of aliphatic hydroxyl groups excluding tert-OH is 1. The number of esters is 2. The van der Waals surface area contributed by atoms with Gasteiger partial charge < -0.3 is 14.6 Å². The number of allylic oxidation sites excluding steroid dienone is 12. The highest BCUT2D eigenvalue weighted by atomic mass is 16.6. The number of carbonyl (C=O) groups excluding carboxylic acids is 2. The lowest BCUT2D eigenvalue weighted by Crippen LogP contribution is -2.25. The molecular weight excluding hydrogens is 620 g/mol. The molecule has 0 bridgehead atoms. The molecule has 5 nitrogen and oxygen atoms in total. The molecule has 1 atom stereocenters. The normalized spacial score (nSPS) is 12.9. The zero-order valence-electron chi connectivity index (χ0n) is 32.4. The average molecular weight is 697 g/mol. The van der Waals surface area contributed by atoms with E-state index in [1.165, 1.54) is 77.0 Å². The molecule has 0 unspecified atom stereocenters. The monoisotopic (exact) mass is 697 g/mol. The third-order valence-corrected chi connectivity index (χ3v) is 8.43. The second-order valence-electron chi connectivity index (χ2n) is 13.4. The van der Waals surface area contributed by atoms with Crippen molar-refractivity contribution in [2.24, 2.45) is 0 Å². The van der Waals surface area contributed by atoms with E-state index in [2.05, 4.69) is 86.8 Å². The molecule has 0 aliphatic rings. The predicted molar refractivity (Wildman–Crippen MR) is 214 cm³/mol. The van der Waals surface area contributed by atoms with Crippen LogP contribution in [0.25, 0.3) is 0 Å². The SMILES string of the molecule is CC/C=C\C/C=C\C/C=C\C/C=C\C/C=C\CCCCCC(=O)OC[C@H](O)COC(=O)CCCCCCCCC/C=C\CCCCCCCC. The summed E-state index contributed by atoms with van der Waals surface area (Å²) in [6.07, 6.45) is 53.8. The molecular formula is C45H76O5. The van der Waals surface area contributed by atoms with E-state index in [-0.39, 0.29) is 25.2 Å². The van der Waals surface area contributed by atoms with Crippen LogP contribution in [-0.4, -0.2) is 36.4 Å². The minimum atomic E-state index is -0.983. The first-order valence-corrected chi connectivity index (χ1v) is 20.5. The summed E-state index contributed by atoms with van der Waals surface area (Å²) < 4.78 is 10.3. The standard InChI is InChI=1S/C45H76O5/c1-3-5-7-9-11-13-15-17-19-21-22-24-26-28-30-32-34-36-38-40-45(48)50-42-43(46)41-49-44(47)39-37-35-33-31-29-27-25-23-20-18-16-14-12-10-8-6-4-2/h5,7,11,13,17-20,22,24,28,30,43,46H,3-4,6,8-10,12,14-16,21,23,25-27,29,31-42H2,1-2H3/b7-5-,13-11-,19-17-,20-18-,24-22-,30-28-/t43-/m1/s1. The Labute approximate surface area is 308 Å². The maximum absolute atomic E-state index is 12.0. The molecule has 0 saturated carbocycles. The number of hydrogen-bond acceptors (Lipinski definition) is 5. The van der Waals surface area contributed by atoms with E-state index in [1.54, 1.807) is 0 Å². The van der Waals surface area contributed by atoms with Gasteiger partial charge in [-0.2, -0.15) is 0 Å². The Balaban J connectivity index is 3.53. The van der Waals surface area contributed by atoms with Crippen molar-refractivity contribution in [2.45, 2.75) is 187 Å². The first kappa shape index (κ1) is 47.3. The van der Waals surface area contributed by atoms with E-state index in [0.29, 0.717) is 12.8 Å². The Morgan fingerprint density at radius 3 is 1.18 bits per heavy atom. The van der Waals surface area contributed by atoms with Crippen molar-refractivity contribution in [2.75, 3.05) is 13.2 Å². The van der Waals surface area contributed by atoms with Gasteiger partial charge in [0.15, 0.2) is 0 Å². The fourth-order valence-corrected chi connectivity index (χ4v) is 5.34. The highest BCUT2D eigenvalue weighted by molar-refractivity contribution is 5.69. The fourth-order valence-electron chi connectivity index (χ4n) is 5.34. The summed E-state index contributed by atoms with van der Waals surface area (Å²) in [7, 11) is 0. The fraction of sp³-hybridized carbons (Fsp3) is 0.689. The molecule has 0 aliphatic heterocycles. The predicted octanol–water partition coefficient (Wildman–Crippen LogP) is 13.0. The van der Waals surface area contributed by atoms with Crippen LogP contribution < -0.4 is 0 Å². The van der Waals surface area contributed by atoms with Crippen molar-refractivity contribution in [3.63, 3.8) is 0 Å². The van der Waals surface area contributed by atoms with Crippen LogP contribution in [0.5, 0.6) is 0 Å². The van der Waals surface area contributed by atoms with Gasteiger partial charge in [-0.05, 0) is 83.5 Å². The summed E-state index contributed by atoms with van der Waals surface area (Å²) in [4.78, 5) is 24.0. The molecule has 5 heteroatoms. The van der Waals surface area contributed by atoms with Gasteiger partial charge in [0.05, 0.1) is 0 Å². The third-order valence-electron chi connectivity index (χ3n) is 8.43. The van der Waals surface area contributed by atoms with Gasteiger partial charge in [-0.1, -0.05) is 157 Å². The number of unbranched alkanes of at least 4 members (excludes halogenated alkanes) is 16. The van der Waals surface area contributed by atoms with E-state index >= 15 is 0 Å². The van der Waals surface area contributed by atoms with Gasteiger partial charge in [0.1, 0.15) is 19.3 Å². The largest absolute Gasteiger partial charge is 0.463 e. The molecule has 0 fully saturated rings. The van der Waals surface area contributed by atoms with Crippen molar-refractivity contribution in [1.29, 1.82) is 0 Å². The lowest BCUT2D eigenvalue weighted by Gasteiger charge is -2.12. The molecule has 0 heterocycles. The van der Waals surface area contributed by atoms with Crippen LogP contribution >= 0.6 is 0 Å². The summed E-state index contributed by atoms with van der Waals surface area (Å²) in [5.41, 5.74) is 0. The van der Waals surface area contributed by atoms with Gasteiger partial charge in [-0.25, -0.2) is 0 Å². The highest BCUT2D eigenvalue weighted by Gasteiger charge is 2.12. The summed E-state index contributed by atoms with van der Waals surface area (Å²) >= 11 is 0. The first-order valence-electron chi connectivity index (χ1n) is 20.5. The topological polar surface area (TPSA) is 72.8 Å². The molecule has 0 spiro atoms. The second kappa shape index (κ2) is 40.8. The molecule has 0 radical (unpaired) electrons. The smallest absolute Gasteiger partial charge is 0.305 e. The van der Waals surface area contributed by atoms with Crippen LogP contribution in [0.15, 0.2) is 72.9 Å². The molecule has 0 rings (SSSR count). The van der Waals surface area contributed by atoms with Crippen LogP contribution in [0.1, 0.15) is 181 Å². The average Bonchev–Trinajstić information content (AvgIpc) is 3.12. The Morgan fingerprint density at radius 1 is 0.440 bits per heavy atom. The van der Waals surface area contributed by atoms with Crippen LogP contribution in [0.3, 0.4) is 0 Å². The summed E-state index contributed by atoms with van der Waals surface area (Å²) in [5.74, 6) is -0.610. The van der Waals surface area contributed by atoms with Crippen molar-refractivity contribution in [3.05, 3.63) is 72.9 Å². The molecule has 50 heavy (non-hydrogen) atoms. The first-order chi connectivity index (χ1) is 24.6. The van der Waals surface area contributed by atoms with Gasteiger partial charge in [-0.3, -0.25) is 9.59 Å². The lowest BCUT2D eigenvalue weighted by molar-refractivity contribution is -0.152. The molecule has 0 aromatic carbocycles. The molecule has 0 aromatic rings. The number of rotatable bonds is 36. The number of aliphatic hydroxyl groups is 1. The minimum absolute atomic E-state index is 0.132. The zero-order valence-corrected chi connectivity index (χ0v) is 32.4. The van der Waals surface area contributed by atoms with Gasteiger partial charge >= 0.3 is 11.9 Å². The van der Waals surface area contributed by atoms with Crippen LogP contribution in [0.2, 0.25) is 0 Å². The maximum atomic E-state index is 12.0. The number of hydrogen-bond donors (Lipinski definition) is 1. The van der Waals surface area contributed by atoms with Crippen molar-refractivity contribution >= 4 is 11.9 Å². The zero-order chi connectivity index (χ0) is 36.4.